The molecule has 1 heterocycles. The van der Waals surface area contributed by atoms with Crippen molar-refractivity contribution in [3.63, 3.8) is 0 Å². The topological polar surface area (TPSA) is 24.5 Å². The van der Waals surface area contributed by atoms with Crippen LogP contribution in [-0.4, -0.2) is 37.2 Å². The fourth-order valence-corrected chi connectivity index (χ4v) is 3.82. The van der Waals surface area contributed by atoms with Crippen molar-refractivity contribution in [3.8, 4) is 5.75 Å². The second-order valence-corrected chi connectivity index (χ2v) is 6.29. The maximum Gasteiger partial charge on any atom is 0.123 e. The number of hydrogen-bond donors (Lipinski definition) is 1. The molecule has 1 N–H and O–H groups in total. The summed E-state index contributed by atoms with van der Waals surface area (Å²) in [6, 6.07) is 8.40. The summed E-state index contributed by atoms with van der Waals surface area (Å²) in [6.45, 7) is 4.45. The van der Waals surface area contributed by atoms with E-state index in [4.69, 9.17) is 4.74 Å². The van der Waals surface area contributed by atoms with Crippen molar-refractivity contribution >= 4 is 0 Å². The molecule has 0 amide bonds. The van der Waals surface area contributed by atoms with Crippen LogP contribution in [0.5, 0.6) is 5.75 Å². The van der Waals surface area contributed by atoms with E-state index in [1.165, 1.54) is 44.2 Å². The van der Waals surface area contributed by atoms with Gasteiger partial charge in [-0.05, 0) is 18.9 Å². The molecule has 1 aromatic rings. The Morgan fingerprint density at radius 3 is 2.80 bits per heavy atom. The molecule has 2 fully saturated rings. The van der Waals surface area contributed by atoms with Crippen LogP contribution < -0.4 is 10.1 Å². The van der Waals surface area contributed by atoms with Crippen LogP contribution >= 0.6 is 0 Å². The van der Waals surface area contributed by atoms with Gasteiger partial charge in [0.05, 0.1) is 7.11 Å². The van der Waals surface area contributed by atoms with E-state index in [9.17, 15) is 0 Å². The Morgan fingerprint density at radius 2 is 2.00 bits per heavy atom. The summed E-state index contributed by atoms with van der Waals surface area (Å²) in [5.41, 5.74) is 1.70. The molecule has 0 aromatic heterocycles. The van der Waals surface area contributed by atoms with E-state index >= 15 is 0 Å². The lowest BCUT2D eigenvalue weighted by Gasteiger charge is -2.46. The average molecular weight is 274 g/mol. The Kier molecular flexibility index (Phi) is 4.27. The standard InChI is InChI=1S/C17H26N2O/c1-20-16-8-4-3-7-15(16)13-19-12-11-18-17(14-19)9-5-2-6-10-17/h3-4,7-8,18H,2,5-6,9-14H2,1H3. The Labute approximate surface area is 122 Å². The zero-order chi connectivity index (χ0) is 13.8. The summed E-state index contributed by atoms with van der Waals surface area (Å²) in [7, 11) is 1.76. The summed E-state index contributed by atoms with van der Waals surface area (Å²) >= 11 is 0. The van der Waals surface area contributed by atoms with Crippen molar-refractivity contribution < 1.29 is 4.74 Å². The molecule has 0 radical (unpaired) electrons. The van der Waals surface area contributed by atoms with E-state index in [-0.39, 0.29) is 0 Å². The van der Waals surface area contributed by atoms with Gasteiger partial charge in [-0.3, -0.25) is 4.90 Å². The number of benzene rings is 1. The molecular weight excluding hydrogens is 248 g/mol. The van der Waals surface area contributed by atoms with Crippen molar-refractivity contribution in [3.05, 3.63) is 29.8 Å². The van der Waals surface area contributed by atoms with E-state index in [0.717, 1.165) is 25.4 Å². The van der Waals surface area contributed by atoms with E-state index < -0.39 is 0 Å². The normalized spacial score (nSPS) is 22.9. The molecular formula is C17H26N2O. The quantitative estimate of drug-likeness (QED) is 0.917. The maximum absolute atomic E-state index is 5.48. The molecule has 0 atom stereocenters. The highest BCUT2D eigenvalue weighted by atomic mass is 16.5. The Morgan fingerprint density at radius 1 is 1.20 bits per heavy atom. The Hall–Kier alpha value is -1.06. The van der Waals surface area contributed by atoms with Crippen LogP contribution in [0.1, 0.15) is 37.7 Å². The number of para-hydroxylation sites is 1. The van der Waals surface area contributed by atoms with Crippen molar-refractivity contribution in [2.75, 3.05) is 26.7 Å². The minimum Gasteiger partial charge on any atom is -0.496 e. The first kappa shape index (κ1) is 13.9. The van der Waals surface area contributed by atoms with Crippen LogP contribution in [0.25, 0.3) is 0 Å². The summed E-state index contributed by atoms with van der Waals surface area (Å²) in [5, 5.41) is 3.81. The highest BCUT2D eigenvalue weighted by Gasteiger charge is 2.36. The molecule has 110 valence electrons. The second kappa shape index (κ2) is 6.15. The SMILES string of the molecule is COc1ccccc1CN1CCNC2(CCCCC2)C1. The molecule has 1 spiro atoms. The van der Waals surface area contributed by atoms with E-state index in [2.05, 4.69) is 28.4 Å². The van der Waals surface area contributed by atoms with Gasteiger partial charge in [0, 0.05) is 37.3 Å². The second-order valence-electron chi connectivity index (χ2n) is 6.29. The Balaban J connectivity index is 1.68. The molecule has 3 rings (SSSR count). The molecule has 1 aromatic carbocycles. The number of methoxy groups -OCH3 is 1. The first-order chi connectivity index (χ1) is 9.81. The summed E-state index contributed by atoms with van der Waals surface area (Å²) in [5.74, 6) is 1.02. The first-order valence-corrected chi connectivity index (χ1v) is 7.91. The van der Waals surface area contributed by atoms with Gasteiger partial charge in [-0.25, -0.2) is 0 Å². The van der Waals surface area contributed by atoms with E-state index in [1.54, 1.807) is 7.11 Å². The lowest BCUT2D eigenvalue weighted by molar-refractivity contribution is 0.0939. The summed E-state index contributed by atoms with van der Waals surface area (Å²) in [6.07, 6.45) is 6.87. The Bertz CT molecular complexity index is 435. The number of nitrogens with zero attached hydrogens (tertiary/aromatic N) is 1. The summed E-state index contributed by atoms with van der Waals surface area (Å²) < 4.78 is 5.48. The third-order valence-electron chi connectivity index (χ3n) is 4.85. The molecule has 1 saturated carbocycles. The molecule has 0 unspecified atom stereocenters. The van der Waals surface area contributed by atoms with Crippen LogP contribution in [0, 0.1) is 0 Å². The van der Waals surface area contributed by atoms with Crippen molar-refractivity contribution in [1.29, 1.82) is 0 Å². The number of piperazine rings is 1. The lowest BCUT2D eigenvalue weighted by atomic mass is 9.80. The molecule has 2 aliphatic rings. The zero-order valence-electron chi connectivity index (χ0n) is 12.5. The third kappa shape index (κ3) is 2.99. The van der Waals surface area contributed by atoms with E-state index in [1.807, 2.05) is 6.07 Å². The number of ether oxygens (including phenoxy) is 1. The van der Waals surface area contributed by atoms with Gasteiger partial charge < -0.3 is 10.1 Å². The van der Waals surface area contributed by atoms with Gasteiger partial charge in [0.2, 0.25) is 0 Å². The predicted octanol–water partition coefficient (Wildman–Crippen LogP) is 2.80. The monoisotopic (exact) mass is 274 g/mol. The van der Waals surface area contributed by atoms with Gasteiger partial charge in [0.25, 0.3) is 0 Å². The van der Waals surface area contributed by atoms with Gasteiger partial charge in [0.15, 0.2) is 0 Å². The van der Waals surface area contributed by atoms with Gasteiger partial charge in [0.1, 0.15) is 5.75 Å². The van der Waals surface area contributed by atoms with Crippen LogP contribution in [0.15, 0.2) is 24.3 Å². The fraction of sp³-hybridized carbons (Fsp3) is 0.647. The van der Waals surface area contributed by atoms with Crippen LogP contribution in [0.2, 0.25) is 0 Å². The molecule has 0 bridgehead atoms. The van der Waals surface area contributed by atoms with Crippen LogP contribution in [0.4, 0.5) is 0 Å². The van der Waals surface area contributed by atoms with E-state index in [0.29, 0.717) is 5.54 Å². The lowest BCUT2D eigenvalue weighted by Crippen LogP contribution is -2.60. The van der Waals surface area contributed by atoms with Crippen molar-refractivity contribution in [2.45, 2.75) is 44.2 Å². The van der Waals surface area contributed by atoms with Gasteiger partial charge in [-0.2, -0.15) is 0 Å². The largest absolute Gasteiger partial charge is 0.496 e. The zero-order valence-corrected chi connectivity index (χ0v) is 12.5. The fourth-order valence-electron chi connectivity index (χ4n) is 3.82. The summed E-state index contributed by atoms with van der Waals surface area (Å²) in [4.78, 5) is 2.60. The molecule has 3 heteroatoms. The minimum absolute atomic E-state index is 0.387. The van der Waals surface area contributed by atoms with Crippen molar-refractivity contribution in [2.24, 2.45) is 0 Å². The van der Waals surface area contributed by atoms with Crippen molar-refractivity contribution in [1.82, 2.24) is 10.2 Å². The molecule has 3 nitrogen and oxygen atoms in total. The smallest absolute Gasteiger partial charge is 0.123 e. The molecule has 1 aliphatic carbocycles. The average Bonchev–Trinajstić information content (AvgIpc) is 2.49. The highest BCUT2D eigenvalue weighted by molar-refractivity contribution is 5.33. The molecule has 1 saturated heterocycles. The van der Waals surface area contributed by atoms with Gasteiger partial charge >= 0.3 is 0 Å². The molecule has 1 aliphatic heterocycles. The predicted molar refractivity (Wildman–Crippen MR) is 82.1 cm³/mol. The van der Waals surface area contributed by atoms with Gasteiger partial charge in [-0.15, -0.1) is 0 Å². The first-order valence-electron chi connectivity index (χ1n) is 7.91. The molecule has 20 heavy (non-hydrogen) atoms. The van der Waals surface area contributed by atoms with Gasteiger partial charge in [-0.1, -0.05) is 37.5 Å². The van der Waals surface area contributed by atoms with Crippen LogP contribution in [0.3, 0.4) is 0 Å². The minimum atomic E-state index is 0.387. The van der Waals surface area contributed by atoms with Crippen LogP contribution in [-0.2, 0) is 6.54 Å². The number of rotatable bonds is 3. The third-order valence-corrected chi connectivity index (χ3v) is 4.85. The maximum atomic E-state index is 5.48. The number of nitrogens with one attached hydrogen (secondary N) is 1. The number of hydrogen-bond acceptors (Lipinski definition) is 3. The highest BCUT2D eigenvalue weighted by Crippen LogP contribution is 2.31.